The number of carbonyl (C=O) groups excluding carboxylic acids is 1. The monoisotopic (exact) mass is 170 g/mol. The van der Waals surface area contributed by atoms with E-state index in [9.17, 15) is 9.18 Å². The number of hydrogen-bond acceptors (Lipinski definition) is 3. The Morgan fingerprint density at radius 1 is 1.42 bits per heavy atom. The molecule has 2 N–H and O–H groups in total. The number of rotatable bonds is 2. The highest BCUT2D eigenvalue weighted by atomic mass is 19.1. The number of phenols is 2. The minimum absolute atomic E-state index is 0.0664. The number of halogens is 1. The fourth-order valence-electron chi connectivity index (χ4n) is 0.848. The SMILES string of the molecule is O=CCc1ccc(O)c(F)c1O. The van der Waals surface area contributed by atoms with Crippen molar-refractivity contribution < 1.29 is 19.4 Å². The predicted molar refractivity (Wildman–Crippen MR) is 39.5 cm³/mol. The first-order chi connectivity index (χ1) is 5.66. The van der Waals surface area contributed by atoms with Crippen molar-refractivity contribution in [1.29, 1.82) is 0 Å². The molecule has 4 heteroatoms. The van der Waals surface area contributed by atoms with Crippen LogP contribution in [0.15, 0.2) is 12.1 Å². The van der Waals surface area contributed by atoms with Gasteiger partial charge >= 0.3 is 0 Å². The van der Waals surface area contributed by atoms with Crippen molar-refractivity contribution in [2.45, 2.75) is 6.42 Å². The average Bonchev–Trinajstić information content (AvgIpc) is 2.07. The van der Waals surface area contributed by atoms with Crippen molar-refractivity contribution in [2.75, 3.05) is 0 Å². The molecule has 0 saturated carbocycles. The lowest BCUT2D eigenvalue weighted by molar-refractivity contribution is -0.107. The van der Waals surface area contributed by atoms with E-state index in [0.717, 1.165) is 6.07 Å². The van der Waals surface area contributed by atoms with Crippen LogP contribution < -0.4 is 0 Å². The Labute approximate surface area is 68.1 Å². The van der Waals surface area contributed by atoms with Crippen LogP contribution >= 0.6 is 0 Å². The summed E-state index contributed by atoms with van der Waals surface area (Å²) < 4.78 is 12.7. The highest BCUT2D eigenvalue weighted by Gasteiger charge is 2.10. The summed E-state index contributed by atoms with van der Waals surface area (Å²) in [5.41, 5.74) is 0.167. The van der Waals surface area contributed by atoms with E-state index < -0.39 is 17.3 Å². The Bertz CT molecular complexity index is 309. The van der Waals surface area contributed by atoms with Gasteiger partial charge in [-0.1, -0.05) is 6.07 Å². The molecular formula is C8H7FO3. The summed E-state index contributed by atoms with van der Waals surface area (Å²) in [7, 11) is 0. The Morgan fingerprint density at radius 3 is 2.67 bits per heavy atom. The van der Waals surface area contributed by atoms with E-state index in [2.05, 4.69) is 0 Å². The van der Waals surface area contributed by atoms with Crippen molar-refractivity contribution in [1.82, 2.24) is 0 Å². The zero-order valence-electron chi connectivity index (χ0n) is 6.12. The lowest BCUT2D eigenvalue weighted by atomic mass is 10.1. The van der Waals surface area contributed by atoms with Gasteiger partial charge in [0.2, 0.25) is 5.82 Å². The smallest absolute Gasteiger partial charge is 0.206 e. The molecule has 0 aromatic heterocycles. The topological polar surface area (TPSA) is 57.5 Å². The van der Waals surface area contributed by atoms with Crippen LogP contribution in [0, 0.1) is 5.82 Å². The first-order valence-corrected chi connectivity index (χ1v) is 3.29. The highest BCUT2D eigenvalue weighted by Crippen LogP contribution is 2.28. The fraction of sp³-hybridized carbons (Fsp3) is 0.125. The van der Waals surface area contributed by atoms with Gasteiger partial charge in [-0.05, 0) is 6.07 Å². The molecule has 0 spiro atoms. The Hall–Kier alpha value is -1.58. The summed E-state index contributed by atoms with van der Waals surface area (Å²) in [5.74, 6) is -2.38. The minimum atomic E-state index is -1.09. The summed E-state index contributed by atoms with van der Waals surface area (Å²) in [5, 5.41) is 17.8. The molecule has 12 heavy (non-hydrogen) atoms. The molecule has 1 aromatic rings. The third kappa shape index (κ3) is 1.37. The van der Waals surface area contributed by atoms with Gasteiger partial charge in [-0.25, -0.2) is 0 Å². The third-order valence-electron chi connectivity index (χ3n) is 1.48. The fourth-order valence-corrected chi connectivity index (χ4v) is 0.848. The van der Waals surface area contributed by atoms with Gasteiger partial charge in [-0.3, -0.25) is 0 Å². The zero-order chi connectivity index (χ0) is 9.14. The summed E-state index contributed by atoms with van der Waals surface area (Å²) in [6, 6.07) is 2.38. The molecule has 3 nitrogen and oxygen atoms in total. The van der Waals surface area contributed by atoms with Crippen LogP contribution in [0.5, 0.6) is 11.5 Å². The van der Waals surface area contributed by atoms with Crippen molar-refractivity contribution >= 4 is 6.29 Å². The average molecular weight is 170 g/mol. The second kappa shape index (κ2) is 3.21. The van der Waals surface area contributed by atoms with E-state index in [1.165, 1.54) is 6.07 Å². The molecule has 0 atom stereocenters. The Kier molecular flexibility index (Phi) is 2.28. The van der Waals surface area contributed by atoms with E-state index in [-0.39, 0.29) is 12.0 Å². The third-order valence-corrected chi connectivity index (χ3v) is 1.48. The maximum Gasteiger partial charge on any atom is 0.206 e. The summed E-state index contributed by atoms with van der Waals surface area (Å²) in [6.07, 6.45) is 0.481. The van der Waals surface area contributed by atoms with E-state index in [0.29, 0.717) is 6.29 Å². The molecule has 0 aliphatic carbocycles. The second-order valence-electron chi connectivity index (χ2n) is 2.28. The molecule has 64 valence electrons. The van der Waals surface area contributed by atoms with Gasteiger partial charge in [0.05, 0.1) is 0 Å². The van der Waals surface area contributed by atoms with Gasteiger partial charge in [-0.15, -0.1) is 0 Å². The molecule has 0 fully saturated rings. The molecule has 0 aliphatic heterocycles. The molecule has 0 aliphatic rings. The Balaban J connectivity index is 3.16. The molecule has 1 rings (SSSR count). The van der Waals surface area contributed by atoms with Crippen LogP contribution in [-0.2, 0) is 11.2 Å². The highest BCUT2D eigenvalue weighted by molar-refractivity contribution is 5.58. The largest absolute Gasteiger partial charge is 0.505 e. The van der Waals surface area contributed by atoms with Gasteiger partial charge in [0.1, 0.15) is 6.29 Å². The molecule has 0 saturated heterocycles. The number of hydrogen-bond donors (Lipinski definition) is 2. The maximum absolute atomic E-state index is 12.7. The predicted octanol–water partition coefficient (Wildman–Crippen LogP) is 0.978. The summed E-state index contributed by atoms with van der Waals surface area (Å²) in [6.45, 7) is 0. The Morgan fingerprint density at radius 2 is 2.08 bits per heavy atom. The maximum atomic E-state index is 12.7. The number of aldehydes is 1. The quantitative estimate of drug-likeness (QED) is 0.650. The van der Waals surface area contributed by atoms with Crippen molar-refractivity contribution in [2.24, 2.45) is 0 Å². The minimum Gasteiger partial charge on any atom is -0.505 e. The van der Waals surface area contributed by atoms with E-state index in [1.807, 2.05) is 0 Å². The van der Waals surface area contributed by atoms with Crippen LogP contribution in [0.1, 0.15) is 5.56 Å². The van der Waals surface area contributed by atoms with Gasteiger partial charge in [0.15, 0.2) is 11.5 Å². The molecule has 0 unspecified atom stereocenters. The lowest BCUT2D eigenvalue weighted by Crippen LogP contribution is -1.89. The van der Waals surface area contributed by atoms with Gasteiger partial charge in [0.25, 0.3) is 0 Å². The first-order valence-electron chi connectivity index (χ1n) is 3.29. The van der Waals surface area contributed by atoms with Gasteiger partial charge in [0, 0.05) is 12.0 Å². The van der Waals surface area contributed by atoms with Gasteiger partial charge < -0.3 is 15.0 Å². The molecule has 0 heterocycles. The molecular weight excluding hydrogens is 163 g/mol. The number of aromatic hydroxyl groups is 2. The first kappa shape index (κ1) is 8.52. The molecule has 0 bridgehead atoms. The van der Waals surface area contributed by atoms with Crippen LogP contribution in [0.3, 0.4) is 0 Å². The van der Waals surface area contributed by atoms with E-state index in [1.54, 1.807) is 0 Å². The van der Waals surface area contributed by atoms with Crippen molar-refractivity contribution in [3.8, 4) is 11.5 Å². The van der Waals surface area contributed by atoms with E-state index in [4.69, 9.17) is 10.2 Å². The van der Waals surface area contributed by atoms with Crippen LogP contribution in [-0.4, -0.2) is 16.5 Å². The second-order valence-corrected chi connectivity index (χ2v) is 2.28. The molecule has 0 radical (unpaired) electrons. The summed E-state index contributed by atoms with van der Waals surface area (Å²) in [4.78, 5) is 10.0. The number of phenolic OH excluding ortho intramolecular Hbond substituents is 2. The van der Waals surface area contributed by atoms with Crippen molar-refractivity contribution in [3.05, 3.63) is 23.5 Å². The van der Waals surface area contributed by atoms with E-state index >= 15 is 0 Å². The number of carbonyl (C=O) groups is 1. The van der Waals surface area contributed by atoms with Crippen LogP contribution in [0.2, 0.25) is 0 Å². The molecule has 1 aromatic carbocycles. The van der Waals surface area contributed by atoms with Crippen LogP contribution in [0.25, 0.3) is 0 Å². The van der Waals surface area contributed by atoms with Crippen LogP contribution in [0.4, 0.5) is 4.39 Å². The molecule has 0 amide bonds. The van der Waals surface area contributed by atoms with Crippen molar-refractivity contribution in [3.63, 3.8) is 0 Å². The summed E-state index contributed by atoms with van der Waals surface area (Å²) >= 11 is 0. The lowest BCUT2D eigenvalue weighted by Gasteiger charge is -2.02. The number of benzene rings is 1. The van der Waals surface area contributed by atoms with Gasteiger partial charge in [-0.2, -0.15) is 4.39 Å². The normalized spacial score (nSPS) is 9.75. The standard InChI is InChI=1S/C8H7FO3/c9-7-6(11)2-1-5(3-4-10)8(7)12/h1-2,4,11-12H,3H2. The zero-order valence-corrected chi connectivity index (χ0v) is 6.12.